The first kappa shape index (κ1) is 16.3. The van der Waals surface area contributed by atoms with Crippen molar-refractivity contribution in [1.82, 2.24) is 0 Å². The van der Waals surface area contributed by atoms with Crippen molar-refractivity contribution in [3.8, 4) is 6.07 Å². The summed E-state index contributed by atoms with van der Waals surface area (Å²) in [6, 6.07) is 13.3. The van der Waals surface area contributed by atoms with Crippen LogP contribution in [-0.2, 0) is 11.2 Å². The molecule has 0 heterocycles. The van der Waals surface area contributed by atoms with Crippen LogP contribution in [0.4, 0.5) is 5.69 Å². The Morgan fingerprint density at radius 3 is 2.32 bits per heavy atom. The van der Waals surface area contributed by atoms with E-state index in [2.05, 4.69) is 5.32 Å². The molecule has 0 saturated heterocycles. The van der Waals surface area contributed by atoms with E-state index < -0.39 is 12.0 Å². The van der Waals surface area contributed by atoms with Crippen LogP contribution in [0.2, 0.25) is 10.0 Å². The first-order chi connectivity index (χ1) is 10.5. The molecule has 0 aliphatic heterocycles. The normalized spacial score (nSPS) is 11.5. The number of benzene rings is 2. The van der Waals surface area contributed by atoms with Gasteiger partial charge in [0.15, 0.2) is 6.10 Å². The predicted molar refractivity (Wildman–Crippen MR) is 85.8 cm³/mol. The number of amides is 1. The first-order valence-electron chi connectivity index (χ1n) is 6.40. The number of hydrogen-bond donors (Lipinski definition) is 2. The Morgan fingerprint density at radius 2 is 1.77 bits per heavy atom. The van der Waals surface area contributed by atoms with Crippen LogP contribution in [0.3, 0.4) is 0 Å². The van der Waals surface area contributed by atoms with Gasteiger partial charge in [0, 0.05) is 15.7 Å². The lowest BCUT2D eigenvalue weighted by atomic mass is 10.1. The highest BCUT2D eigenvalue weighted by Gasteiger charge is 2.18. The van der Waals surface area contributed by atoms with E-state index in [1.165, 1.54) is 18.2 Å². The zero-order valence-corrected chi connectivity index (χ0v) is 12.9. The largest absolute Gasteiger partial charge is 0.378 e. The Balaban J connectivity index is 2.09. The molecule has 0 aliphatic rings. The SMILES string of the molecule is N#CCc1ccc(NC(=O)C(O)c2cc(Cl)cc(Cl)c2)cc1. The standard InChI is InChI=1S/C16H12Cl2N2O2/c17-12-7-11(8-13(18)9-12)15(21)16(22)20-14-3-1-10(2-4-14)5-6-19/h1-4,7-9,15,21H,5H2,(H,20,22). The third kappa shape index (κ3) is 4.22. The molecule has 0 bridgehead atoms. The van der Waals surface area contributed by atoms with Crippen LogP contribution in [0.15, 0.2) is 42.5 Å². The second kappa shape index (κ2) is 7.28. The first-order valence-corrected chi connectivity index (χ1v) is 7.16. The van der Waals surface area contributed by atoms with Gasteiger partial charge in [0.1, 0.15) is 0 Å². The summed E-state index contributed by atoms with van der Waals surface area (Å²) in [6.45, 7) is 0. The molecule has 0 saturated carbocycles. The molecule has 1 amide bonds. The number of anilines is 1. The number of carbonyl (C=O) groups is 1. The van der Waals surface area contributed by atoms with Crippen molar-refractivity contribution in [3.63, 3.8) is 0 Å². The molecule has 2 aromatic carbocycles. The van der Waals surface area contributed by atoms with Crippen LogP contribution in [0.1, 0.15) is 17.2 Å². The summed E-state index contributed by atoms with van der Waals surface area (Å²) in [5.41, 5.74) is 1.69. The van der Waals surface area contributed by atoms with Crippen molar-refractivity contribution in [3.05, 3.63) is 63.6 Å². The molecule has 2 N–H and O–H groups in total. The lowest BCUT2D eigenvalue weighted by Gasteiger charge is -2.12. The molecule has 2 aromatic rings. The Labute approximate surface area is 137 Å². The maximum Gasteiger partial charge on any atom is 0.257 e. The number of nitrogens with one attached hydrogen (secondary N) is 1. The number of aliphatic hydroxyl groups excluding tert-OH is 1. The Morgan fingerprint density at radius 1 is 1.18 bits per heavy atom. The highest BCUT2D eigenvalue weighted by atomic mass is 35.5. The topological polar surface area (TPSA) is 73.1 Å². The smallest absolute Gasteiger partial charge is 0.257 e. The summed E-state index contributed by atoms with van der Waals surface area (Å²) in [7, 11) is 0. The summed E-state index contributed by atoms with van der Waals surface area (Å²) in [5.74, 6) is -0.591. The highest BCUT2D eigenvalue weighted by Crippen LogP contribution is 2.24. The lowest BCUT2D eigenvalue weighted by molar-refractivity contribution is -0.124. The van der Waals surface area contributed by atoms with Crippen molar-refractivity contribution < 1.29 is 9.90 Å². The molecular weight excluding hydrogens is 323 g/mol. The van der Waals surface area contributed by atoms with Crippen molar-refractivity contribution >= 4 is 34.8 Å². The van der Waals surface area contributed by atoms with Crippen LogP contribution in [-0.4, -0.2) is 11.0 Å². The van der Waals surface area contributed by atoms with Crippen LogP contribution in [0, 0.1) is 11.3 Å². The number of halogens is 2. The van der Waals surface area contributed by atoms with E-state index in [4.69, 9.17) is 28.5 Å². The quantitative estimate of drug-likeness (QED) is 0.894. The predicted octanol–water partition coefficient (Wildman–Crippen LogP) is 3.73. The minimum atomic E-state index is -1.38. The zero-order chi connectivity index (χ0) is 16.1. The molecule has 0 fully saturated rings. The van der Waals surface area contributed by atoms with Crippen LogP contribution in [0.5, 0.6) is 0 Å². The van der Waals surface area contributed by atoms with Gasteiger partial charge >= 0.3 is 0 Å². The Kier molecular flexibility index (Phi) is 5.40. The number of carbonyl (C=O) groups excluding carboxylic acids is 1. The summed E-state index contributed by atoms with van der Waals surface area (Å²) in [4.78, 5) is 12.0. The maximum absolute atomic E-state index is 12.0. The van der Waals surface area contributed by atoms with Gasteiger partial charge in [0.2, 0.25) is 0 Å². The van der Waals surface area contributed by atoms with E-state index in [1.807, 2.05) is 6.07 Å². The lowest BCUT2D eigenvalue weighted by Crippen LogP contribution is -2.20. The number of nitrogens with zero attached hydrogens (tertiary/aromatic N) is 1. The molecule has 1 unspecified atom stereocenters. The molecule has 1 atom stereocenters. The maximum atomic E-state index is 12.0. The fraction of sp³-hybridized carbons (Fsp3) is 0.125. The van der Waals surface area contributed by atoms with Crippen molar-refractivity contribution in [2.24, 2.45) is 0 Å². The van der Waals surface area contributed by atoms with Crippen molar-refractivity contribution in [2.75, 3.05) is 5.32 Å². The number of nitriles is 1. The molecule has 6 heteroatoms. The molecule has 4 nitrogen and oxygen atoms in total. The second-order valence-corrected chi connectivity index (χ2v) is 5.50. The van der Waals surface area contributed by atoms with Gasteiger partial charge in [-0.3, -0.25) is 4.79 Å². The minimum absolute atomic E-state index is 0.303. The van der Waals surface area contributed by atoms with Crippen LogP contribution >= 0.6 is 23.2 Å². The number of aliphatic hydroxyl groups is 1. The molecule has 0 aromatic heterocycles. The molecular formula is C16H12Cl2N2O2. The average Bonchev–Trinajstić information content (AvgIpc) is 2.47. The van der Waals surface area contributed by atoms with Gasteiger partial charge in [-0.25, -0.2) is 0 Å². The molecule has 0 spiro atoms. The van der Waals surface area contributed by atoms with Crippen molar-refractivity contribution in [2.45, 2.75) is 12.5 Å². The summed E-state index contributed by atoms with van der Waals surface area (Å²) >= 11 is 11.7. The van der Waals surface area contributed by atoms with Gasteiger partial charge in [-0.2, -0.15) is 5.26 Å². The van der Waals surface area contributed by atoms with Gasteiger partial charge in [0.05, 0.1) is 12.5 Å². The molecule has 22 heavy (non-hydrogen) atoms. The molecule has 0 aliphatic carbocycles. The van der Waals surface area contributed by atoms with E-state index >= 15 is 0 Å². The third-order valence-corrected chi connectivity index (χ3v) is 3.39. The summed E-state index contributed by atoms with van der Waals surface area (Å²) < 4.78 is 0. The van der Waals surface area contributed by atoms with Gasteiger partial charge in [0.25, 0.3) is 5.91 Å². The minimum Gasteiger partial charge on any atom is -0.378 e. The monoisotopic (exact) mass is 334 g/mol. The van der Waals surface area contributed by atoms with E-state index in [1.54, 1.807) is 24.3 Å². The molecule has 0 radical (unpaired) electrons. The fourth-order valence-electron chi connectivity index (χ4n) is 1.89. The van der Waals surface area contributed by atoms with Crippen LogP contribution < -0.4 is 5.32 Å². The van der Waals surface area contributed by atoms with Crippen molar-refractivity contribution in [1.29, 1.82) is 5.26 Å². The summed E-state index contributed by atoms with van der Waals surface area (Å²) in [5, 5.41) is 21.9. The molecule has 112 valence electrons. The van der Waals surface area contributed by atoms with Gasteiger partial charge in [-0.15, -0.1) is 0 Å². The van der Waals surface area contributed by atoms with Crippen LogP contribution in [0.25, 0.3) is 0 Å². The average molecular weight is 335 g/mol. The molecule has 2 rings (SSSR count). The number of hydrogen-bond acceptors (Lipinski definition) is 3. The number of rotatable bonds is 4. The van der Waals surface area contributed by atoms with Gasteiger partial charge < -0.3 is 10.4 Å². The Bertz CT molecular complexity index is 704. The highest BCUT2D eigenvalue weighted by molar-refractivity contribution is 6.34. The zero-order valence-electron chi connectivity index (χ0n) is 11.4. The fourth-order valence-corrected chi connectivity index (χ4v) is 2.44. The van der Waals surface area contributed by atoms with Gasteiger partial charge in [-0.05, 0) is 41.5 Å². The third-order valence-electron chi connectivity index (χ3n) is 2.95. The second-order valence-electron chi connectivity index (χ2n) is 4.63. The Hall–Kier alpha value is -2.06. The summed E-state index contributed by atoms with van der Waals surface area (Å²) in [6.07, 6.45) is -1.08. The van der Waals surface area contributed by atoms with E-state index in [0.29, 0.717) is 27.7 Å². The van der Waals surface area contributed by atoms with E-state index in [9.17, 15) is 9.90 Å². The van der Waals surface area contributed by atoms with E-state index in [0.717, 1.165) is 5.56 Å². The van der Waals surface area contributed by atoms with Gasteiger partial charge in [-0.1, -0.05) is 35.3 Å². The van der Waals surface area contributed by atoms with E-state index in [-0.39, 0.29) is 0 Å².